The molecule has 5 heteroatoms. The molecule has 0 bridgehead atoms. The van der Waals surface area contributed by atoms with E-state index in [2.05, 4.69) is 67.3 Å². The quantitative estimate of drug-likeness (QED) is 0.458. The van der Waals surface area contributed by atoms with Crippen molar-refractivity contribution in [3.63, 3.8) is 0 Å². The average Bonchev–Trinajstić information content (AvgIpc) is 2.69. The number of unbranched alkanes of at least 4 members (excludes halogenated alkanes) is 1. The molecule has 2 rings (SSSR count). The Hall–Kier alpha value is -1.69. The van der Waals surface area contributed by atoms with Gasteiger partial charge >= 0.3 is 0 Å². The standard InChI is InChI=1S/C23H33NO3S/c1-4-5-16-23(17-18-27-28(3,25)26)24(19-21-12-8-6-9-13-21)20(2)22-14-10-7-11-15-22/h6-15,20,23H,4-5,16-19H2,1-3H3/t20-,23?/m0/s1. The van der Waals surface area contributed by atoms with Crippen LogP contribution in [0.1, 0.15) is 56.7 Å². The third-order valence-electron chi connectivity index (χ3n) is 5.10. The molecule has 0 aromatic heterocycles. The predicted molar refractivity (Wildman–Crippen MR) is 116 cm³/mol. The highest BCUT2D eigenvalue weighted by molar-refractivity contribution is 7.85. The lowest BCUT2D eigenvalue weighted by atomic mass is 9.98. The normalized spacial score (nSPS) is 14.1. The van der Waals surface area contributed by atoms with Gasteiger partial charge in [-0.2, -0.15) is 8.42 Å². The van der Waals surface area contributed by atoms with E-state index in [1.165, 1.54) is 11.1 Å². The van der Waals surface area contributed by atoms with Gasteiger partial charge in [0, 0.05) is 18.6 Å². The number of hydrogen-bond donors (Lipinski definition) is 0. The molecule has 0 aliphatic carbocycles. The largest absolute Gasteiger partial charge is 0.289 e. The van der Waals surface area contributed by atoms with Crippen molar-refractivity contribution in [3.05, 3.63) is 71.8 Å². The van der Waals surface area contributed by atoms with Gasteiger partial charge in [-0.1, -0.05) is 80.4 Å². The molecule has 0 radical (unpaired) electrons. The molecule has 0 aliphatic heterocycles. The maximum Gasteiger partial charge on any atom is 0.264 e. The summed E-state index contributed by atoms with van der Waals surface area (Å²) < 4.78 is 27.9. The fourth-order valence-corrected chi connectivity index (χ4v) is 3.95. The van der Waals surface area contributed by atoms with Gasteiger partial charge in [-0.15, -0.1) is 0 Å². The fourth-order valence-electron chi connectivity index (χ4n) is 3.55. The number of rotatable bonds is 12. The number of nitrogens with zero attached hydrogens (tertiary/aromatic N) is 1. The molecule has 28 heavy (non-hydrogen) atoms. The van der Waals surface area contributed by atoms with Crippen molar-refractivity contribution < 1.29 is 12.6 Å². The molecular weight excluding hydrogens is 370 g/mol. The summed E-state index contributed by atoms with van der Waals surface area (Å²) in [4.78, 5) is 2.49. The topological polar surface area (TPSA) is 46.6 Å². The zero-order valence-corrected chi connectivity index (χ0v) is 18.1. The molecular formula is C23H33NO3S. The zero-order chi connectivity index (χ0) is 20.4. The summed E-state index contributed by atoms with van der Waals surface area (Å²) in [6.45, 7) is 5.46. The van der Waals surface area contributed by atoms with Gasteiger partial charge < -0.3 is 0 Å². The summed E-state index contributed by atoms with van der Waals surface area (Å²) in [6.07, 6.45) is 5.05. The second kappa shape index (κ2) is 11.3. The van der Waals surface area contributed by atoms with E-state index in [0.717, 1.165) is 32.1 Å². The molecule has 2 atom stereocenters. The maximum atomic E-state index is 11.4. The van der Waals surface area contributed by atoms with E-state index in [0.29, 0.717) is 6.42 Å². The second-order valence-electron chi connectivity index (χ2n) is 7.36. The van der Waals surface area contributed by atoms with Gasteiger partial charge in [0.2, 0.25) is 0 Å². The molecule has 0 saturated carbocycles. The van der Waals surface area contributed by atoms with E-state index in [-0.39, 0.29) is 18.7 Å². The van der Waals surface area contributed by atoms with Crippen molar-refractivity contribution in [3.8, 4) is 0 Å². The summed E-state index contributed by atoms with van der Waals surface area (Å²) in [7, 11) is -3.42. The third-order valence-corrected chi connectivity index (χ3v) is 5.69. The van der Waals surface area contributed by atoms with E-state index in [1.54, 1.807) is 0 Å². The summed E-state index contributed by atoms with van der Waals surface area (Å²) in [5, 5.41) is 0. The van der Waals surface area contributed by atoms with Crippen molar-refractivity contribution in [2.45, 2.75) is 58.2 Å². The van der Waals surface area contributed by atoms with Crippen LogP contribution in [0.5, 0.6) is 0 Å². The second-order valence-corrected chi connectivity index (χ2v) is 9.00. The lowest BCUT2D eigenvalue weighted by Gasteiger charge is -2.37. The summed E-state index contributed by atoms with van der Waals surface area (Å²) in [6, 6.07) is 21.4. The van der Waals surface area contributed by atoms with E-state index < -0.39 is 10.1 Å². The molecule has 2 aromatic rings. The van der Waals surface area contributed by atoms with Gasteiger partial charge in [0.05, 0.1) is 12.9 Å². The minimum Gasteiger partial charge on any atom is -0.289 e. The van der Waals surface area contributed by atoms with Gasteiger partial charge in [-0.05, 0) is 30.9 Å². The van der Waals surface area contributed by atoms with Crippen molar-refractivity contribution in [2.75, 3.05) is 12.9 Å². The molecule has 0 heterocycles. The molecule has 0 amide bonds. The molecule has 1 unspecified atom stereocenters. The molecule has 154 valence electrons. The lowest BCUT2D eigenvalue weighted by molar-refractivity contribution is 0.105. The molecule has 4 nitrogen and oxygen atoms in total. The summed E-state index contributed by atoms with van der Waals surface area (Å²) in [5.41, 5.74) is 2.53. The van der Waals surface area contributed by atoms with E-state index >= 15 is 0 Å². The Balaban J connectivity index is 2.25. The van der Waals surface area contributed by atoms with Crippen LogP contribution in [0.2, 0.25) is 0 Å². The maximum absolute atomic E-state index is 11.4. The van der Waals surface area contributed by atoms with E-state index in [9.17, 15) is 8.42 Å². The first kappa shape index (κ1) is 22.6. The van der Waals surface area contributed by atoms with Crippen LogP contribution in [0.15, 0.2) is 60.7 Å². The first-order valence-electron chi connectivity index (χ1n) is 10.1. The van der Waals surface area contributed by atoms with Gasteiger partial charge in [-0.3, -0.25) is 9.08 Å². The van der Waals surface area contributed by atoms with E-state index in [1.807, 2.05) is 12.1 Å². The Morgan fingerprint density at radius 1 is 0.964 bits per heavy atom. The van der Waals surface area contributed by atoms with Gasteiger partial charge in [0.15, 0.2) is 0 Å². The minimum absolute atomic E-state index is 0.222. The Morgan fingerprint density at radius 2 is 1.57 bits per heavy atom. The number of hydrogen-bond acceptors (Lipinski definition) is 4. The molecule has 0 spiro atoms. The summed E-state index contributed by atoms with van der Waals surface area (Å²) >= 11 is 0. The van der Waals surface area contributed by atoms with Crippen molar-refractivity contribution >= 4 is 10.1 Å². The average molecular weight is 404 g/mol. The highest BCUT2D eigenvalue weighted by atomic mass is 32.2. The van der Waals surface area contributed by atoms with E-state index in [4.69, 9.17) is 4.18 Å². The van der Waals surface area contributed by atoms with Gasteiger partial charge in [0.25, 0.3) is 10.1 Å². The predicted octanol–water partition coefficient (Wildman–Crippen LogP) is 5.17. The minimum atomic E-state index is -3.42. The van der Waals surface area contributed by atoms with Crippen LogP contribution >= 0.6 is 0 Å². The lowest BCUT2D eigenvalue weighted by Crippen LogP contribution is -2.38. The van der Waals surface area contributed by atoms with Crippen LogP contribution in [-0.4, -0.2) is 32.2 Å². The molecule has 0 N–H and O–H groups in total. The van der Waals surface area contributed by atoms with Crippen LogP contribution < -0.4 is 0 Å². The smallest absolute Gasteiger partial charge is 0.264 e. The fraction of sp³-hybridized carbons (Fsp3) is 0.478. The summed E-state index contributed by atoms with van der Waals surface area (Å²) in [5.74, 6) is 0. The zero-order valence-electron chi connectivity index (χ0n) is 17.3. The van der Waals surface area contributed by atoms with Gasteiger partial charge in [0.1, 0.15) is 0 Å². The Bertz CT molecular complexity index is 778. The van der Waals surface area contributed by atoms with Crippen LogP contribution in [0, 0.1) is 0 Å². The third kappa shape index (κ3) is 7.74. The molecule has 0 aliphatic rings. The van der Waals surface area contributed by atoms with Crippen molar-refractivity contribution in [1.82, 2.24) is 4.90 Å². The highest BCUT2D eigenvalue weighted by Gasteiger charge is 2.25. The van der Waals surface area contributed by atoms with Crippen molar-refractivity contribution in [1.29, 1.82) is 0 Å². The monoisotopic (exact) mass is 403 g/mol. The highest BCUT2D eigenvalue weighted by Crippen LogP contribution is 2.28. The van der Waals surface area contributed by atoms with Gasteiger partial charge in [-0.25, -0.2) is 0 Å². The van der Waals surface area contributed by atoms with Crippen molar-refractivity contribution in [2.24, 2.45) is 0 Å². The van der Waals surface area contributed by atoms with Crippen LogP contribution in [0.3, 0.4) is 0 Å². The van der Waals surface area contributed by atoms with Crippen LogP contribution in [0.25, 0.3) is 0 Å². The molecule has 0 fully saturated rings. The number of benzene rings is 2. The van der Waals surface area contributed by atoms with Crippen LogP contribution in [0.4, 0.5) is 0 Å². The first-order valence-corrected chi connectivity index (χ1v) is 11.9. The molecule has 2 aromatic carbocycles. The Labute approximate surface area is 170 Å². The Kier molecular flexibility index (Phi) is 9.16. The SMILES string of the molecule is CCCCC(CCOS(C)(=O)=O)N(Cc1ccccc1)[C@@H](C)c1ccccc1. The first-order chi connectivity index (χ1) is 13.4. The van der Waals surface area contributed by atoms with Crippen LogP contribution in [-0.2, 0) is 20.8 Å². The molecule has 0 saturated heterocycles. The Morgan fingerprint density at radius 3 is 2.14 bits per heavy atom.